The molecule has 1 aromatic rings. The molecule has 0 heterocycles. The van der Waals surface area contributed by atoms with E-state index in [9.17, 15) is 5.11 Å². The minimum absolute atomic E-state index is 0.252. The zero-order chi connectivity index (χ0) is 12.7. The number of hydrogen-bond donors (Lipinski definition) is 2. The summed E-state index contributed by atoms with van der Waals surface area (Å²) in [6.07, 6.45) is 0.523. The Morgan fingerprint density at radius 2 is 2.00 bits per heavy atom. The third-order valence-corrected chi connectivity index (χ3v) is 2.65. The van der Waals surface area contributed by atoms with Crippen molar-refractivity contribution in [2.24, 2.45) is 0 Å². The lowest BCUT2D eigenvalue weighted by molar-refractivity contribution is 0.170. The molecule has 3 nitrogen and oxygen atoms in total. The topological polar surface area (TPSA) is 41.5 Å². The van der Waals surface area contributed by atoms with E-state index in [1.54, 1.807) is 7.11 Å². The minimum Gasteiger partial charge on any atom is -0.393 e. The van der Waals surface area contributed by atoms with E-state index in [0.29, 0.717) is 12.6 Å². The summed E-state index contributed by atoms with van der Waals surface area (Å²) >= 11 is 0. The Labute approximate surface area is 104 Å². The van der Waals surface area contributed by atoms with Crippen LogP contribution in [-0.2, 0) is 17.9 Å². The maximum atomic E-state index is 9.28. The maximum Gasteiger partial charge on any atom is 0.0713 e. The van der Waals surface area contributed by atoms with E-state index in [1.165, 1.54) is 11.1 Å². The SMILES string of the molecule is COCc1cccc(CNC(C)CC(C)O)c1. The molecule has 2 unspecified atom stereocenters. The van der Waals surface area contributed by atoms with Gasteiger partial charge < -0.3 is 15.2 Å². The van der Waals surface area contributed by atoms with Gasteiger partial charge >= 0.3 is 0 Å². The molecular formula is C14H23NO2. The average molecular weight is 237 g/mol. The summed E-state index contributed by atoms with van der Waals surface area (Å²) in [6, 6.07) is 8.67. The largest absolute Gasteiger partial charge is 0.393 e. The number of ether oxygens (including phenoxy) is 1. The Morgan fingerprint density at radius 1 is 1.29 bits per heavy atom. The van der Waals surface area contributed by atoms with Crippen LogP contribution in [0.5, 0.6) is 0 Å². The standard InChI is InChI=1S/C14H23NO2/c1-11(7-12(2)16)15-9-13-5-4-6-14(8-13)10-17-3/h4-6,8,11-12,15-16H,7,9-10H2,1-3H3. The molecule has 1 aromatic carbocycles. The summed E-state index contributed by atoms with van der Waals surface area (Å²) in [5.41, 5.74) is 2.44. The van der Waals surface area contributed by atoms with Crippen LogP contribution in [-0.4, -0.2) is 24.4 Å². The predicted octanol–water partition coefficient (Wildman–Crippen LogP) is 2.08. The van der Waals surface area contributed by atoms with Crippen molar-refractivity contribution in [2.45, 2.75) is 45.6 Å². The van der Waals surface area contributed by atoms with Crippen LogP contribution in [0.4, 0.5) is 0 Å². The highest BCUT2D eigenvalue weighted by molar-refractivity contribution is 5.22. The molecule has 0 aliphatic carbocycles. The lowest BCUT2D eigenvalue weighted by Gasteiger charge is -2.15. The van der Waals surface area contributed by atoms with E-state index in [-0.39, 0.29) is 6.10 Å². The fourth-order valence-corrected chi connectivity index (χ4v) is 1.88. The number of aliphatic hydroxyl groups excluding tert-OH is 1. The van der Waals surface area contributed by atoms with Gasteiger partial charge in [-0.1, -0.05) is 24.3 Å². The molecule has 0 amide bonds. The smallest absolute Gasteiger partial charge is 0.0713 e. The summed E-state index contributed by atoms with van der Waals surface area (Å²) in [5, 5.41) is 12.7. The highest BCUT2D eigenvalue weighted by atomic mass is 16.5. The first-order valence-corrected chi connectivity index (χ1v) is 6.10. The van der Waals surface area contributed by atoms with E-state index in [4.69, 9.17) is 4.74 Å². The summed E-state index contributed by atoms with van der Waals surface area (Å²) in [4.78, 5) is 0. The number of methoxy groups -OCH3 is 1. The molecule has 2 atom stereocenters. The van der Waals surface area contributed by atoms with Gasteiger partial charge in [-0.3, -0.25) is 0 Å². The van der Waals surface area contributed by atoms with E-state index < -0.39 is 0 Å². The molecule has 0 spiro atoms. The third-order valence-electron chi connectivity index (χ3n) is 2.65. The molecule has 0 fully saturated rings. The van der Waals surface area contributed by atoms with Crippen LogP contribution >= 0.6 is 0 Å². The Hall–Kier alpha value is -0.900. The molecule has 0 aromatic heterocycles. The number of hydrogen-bond acceptors (Lipinski definition) is 3. The Balaban J connectivity index is 2.43. The first kappa shape index (κ1) is 14.2. The maximum absolute atomic E-state index is 9.28. The summed E-state index contributed by atoms with van der Waals surface area (Å²) in [7, 11) is 1.70. The van der Waals surface area contributed by atoms with Crippen molar-refractivity contribution in [2.75, 3.05) is 7.11 Å². The molecule has 3 heteroatoms. The molecule has 0 saturated heterocycles. The lowest BCUT2D eigenvalue weighted by atomic mass is 10.1. The number of aliphatic hydroxyl groups is 1. The number of nitrogens with one attached hydrogen (secondary N) is 1. The van der Waals surface area contributed by atoms with Crippen LogP contribution in [0.2, 0.25) is 0 Å². The van der Waals surface area contributed by atoms with Crippen molar-refractivity contribution < 1.29 is 9.84 Å². The zero-order valence-corrected chi connectivity index (χ0v) is 10.9. The van der Waals surface area contributed by atoms with Gasteiger partial charge in [0.05, 0.1) is 12.7 Å². The normalized spacial score (nSPS) is 14.6. The molecule has 17 heavy (non-hydrogen) atoms. The second kappa shape index (κ2) is 7.43. The van der Waals surface area contributed by atoms with E-state index in [2.05, 4.69) is 30.4 Å². The van der Waals surface area contributed by atoms with E-state index in [0.717, 1.165) is 13.0 Å². The van der Waals surface area contributed by atoms with Crippen molar-refractivity contribution in [1.29, 1.82) is 0 Å². The van der Waals surface area contributed by atoms with Crippen molar-refractivity contribution in [3.63, 3.8) is 0 Å². The summed E-state index contributed by atoms with van der Waals surface area (Å²) in [5.74, 6) is 0. The highest BCUT2D eigenvalue weighted by Gasteiger charge is 2.05. The Morgan fingerprint density at radius 3 is 2.65 bits per heavy atom. The van der Waals surface area contributed by atoms with Crippen molar-refractivity contribution >= 4 is 0 Å². The molecule has 0 aliphatic rings. The van der Waals surface area contributed by atoms with Gasteiger partial charge in [0.1, 0.15) is 0 Å². The second-order valence-electron chi connectivity index (χ2n) is 4.62. The number of rotatable bonds is 7. The van der Waals surface area contributed by atoms with Crippen LogP contribution in [0, 0.1) is 0 Å². The summed E-state index contributed by atoms with van der Waals surface area (Å²) < 4.78 is 5.11. The molecule has 0 radical (unpaired) electrons. The van der Waals surface area contributed by atoms with Gasteiger partial charge in [0.15, 0.2) is 0 Å². The average Bonchev–Trinajstić information content (AvgIpc) is 2.26. The Kier molecular flexibility index (Phi) is 6.19. The van der Waals surface area contributed by atoms with Gasteiger partial charge in [0, 0.05) is 19.7 Å². The van der Waals surface area contributed by atoms with Gasteiger partial charge in [-0.05, 0) is 31.4 Å². The number of benzene rings is 1. The first-order chi connectivity index (χ1) is 8.11. The monoisotopic (exact) mass is 237 g/mol. The van der Waals surface area contributed by atoms with E-state index in [1.807, 2.05) is 13.0 Å². The van der Waals surface area contributed by atoms with Crippen LogP contribution in [0.1, 0.15) is 31.4 Å². The van der Waals surface area contributed by atoms with Gasteiger partial charge in [-0.15, -0.1) is 0 Å². The highest BCUT2D eigenvalue weighted by Crippen LogP contribution is 2.07. The van der Waals surface area contributed by atoms with Crippen molar-refractivity contribution in [3.8, 4) is 0 Å². The van der Waals surface area contributed by atoms with Crippen molar-refractivity contribution in [1.82, 2.24) is 5.32 Å². The fourth-order valence-electron chi connectivity index (χ4n) is 1.88. The van der Waals surface area contributed by atoms with Gasteiger partial charge in [-0.25, -0.2) is 0 Å². The molecule has 2 N–H and O–H groups in total. The van der Waals surface area contributed by atoms with Gasteiger partial charge in [0.25, 0.3) is 0 Å². The summed E-state index contributed by atoms with van der Waals surface area (Å²) in [6.45, 7) is 5.38. The van der Waals surface area contributed by atoms with Crippen LogP contribution in [0.3, 0.4) is 0 Å². The van der Waals surface area contributed by atoms with E-state index >= 15 is 0 Å². The zero-order valence-electron chi connectivity index (χ0n) is 10.9. The van der Waals surface area contributed by atoms with Crippen LogP contribution in [0.25, 0.3) is 0 Å². The molecular weight excluding hydrogens is 214 g/mol. The van der Waals surface area contributed by atoms with Crippen molar-refractivity contribution in [3.05, 3.63) is 35.4 Å². The first-order valence-electron chi connectivity index (χ1n) is 6.10. The predicted molar refractivity (Wildman–Crippen MR) is 69.8 cm³/mol. The molecule has 1 rings (SSSR count). The minimum atomic E-state index is -0.252. The van der Waals surface area contributed by atoms with Crippen LogP contribution < -0.4 is 5.32 Å². The fraction of sp³-hybridized carbons (Fsp3) is 0.571. The quantitative estimate of drug-likeness (QED) is 0.763. The lowest BCUT2D eigenvalue weighted by Crippen LogP contribution is -2.28. The molecule has 0 bridgehead atoms. The Bertz CT molecular complexity index is 326. The third kappa shape index (κ3) is 5.82. The molecule has 0 saturated carbocycles. The molecule has 0 aliphatic heterocycles. The van der Waals surface area contributed by atoms with Gasteiger partial charge in [-0.2, -0.15) is 0 Å². The van der Waals surface area contributed by atoms with Gasteiger partial charge in [0.2, 0.25) is 0 Å². The van der Waals surface area contributed by atoms with Crippen LogP contribution in [0.15, 0.2) is 24.3 Å². The second-order valence-corrected chi connectivity index (χ2v) is 4.62. The molecule has 96 valence electrons.